The Balaban J connectivity index is 1.96. The third-order valence-electron chi connectivity index (χ3n) is 3.17. The standard InChI is InChI=1S/C15H18N2O3S2/c1-17(2)22(19,20)14-5-3-13(4-6-14)15(18)16-9-7-12-8-10-21-11-12/h3-6,8,10-11H,7,9H2,1-2H3,(H,16,18). The number of rotatable bonds is 6. The van der Waals surface area contributed by atoms with Crippen LogP contribution in [0.1, 0.15) is 15.9 Å². The second-order valence-corrected chi connectivity index (χ2v) is 7.88. The van der Waals surface area contributed by atoms with E-state index in [-0.39, 0.29) is 10.8 Å². The maximum absolute atomic E-state index is 12.0. The summed E-state index contributed by atoms with van der Waals surface area (Å²) in [6, 6.07) is 7.97. The third-order valence-corrected chi connectivity index (χ3v) is 5.74. The number of benzene rings is 1. The molecule has 0 radical (unpaired) electrons. The molecule has 1 aromatic carbocycles. The predicted octanol–water partition coefficient (Wildman–Crippen LogP) is 1.97. The van der Waals surface area contributed by atoms with Crippen molar-refractivity contribution in [2.75, 3.05) is 20.6 Å². The Hall–Kier alpha value is -1.70. The zero-order chi connectivity index (χ0) is 16.2. The number of hydrogen-bond acceptors (Lipinski definition) is 4. The summed E-state index contributed by atoms with van der Waals surface area (Å²) in [6.07, 6.45) is 0.780. The fraction of sp³-hybridized carbons (Fsp3) is 0.267. The number of sulfonamides is 1. The molecule has 0 saturated carbocycles. The van der Waals surface area contributed by atoms with E-state index in [9.17, 15) is 13.2 Å². The highest BCUT2D eigenvalue weighted by Gasteiger charge is 2.17. The molecule has 2 aromatic rings. The van der Waals surface area contributed by atoms with Gasteiger partial charge in [-0.05, 0) is 53.1 Å². The Labute approximate surface area is 134 Å². The first-order valence-electron chi connectivity index (χ1n) is 6.73. The van der Waals surface area contributed by atoms with E-state index < -0.39 is 10.0 Å². The highest BCUT2D eigenvalue weighted by Crippen LogP contribution is 2.14. The summed E-state index contributed by atoms with van der Waals surface area (Å²) in [5.41, 5.74) is 1.64. The van der Waals surface area contributed by atoms with Gasteiger partial charge in [-0.1, -0.05) is 0 Å². The molecule has 7 heteroatoms. The van der Waals surface area contributed by atoms with Crippen molar-refractivity contribution in [3.8, 4) is 0 Å². The molecule has 0 spiro atoms. The Morgan fingerprint density at radius 2 is 1.86 bits per heavy atom. The number of thiophene rings is 1. The molecule has 0 fully saturated rings. The van der Waals surface area contributed by atoms with Gasteiger partial charge in [0, 0.05) is 26.2 Å². The van der Waals surface area contributed by atoms with Gasteiger partial charge in [-0.2, -0.15) is 11.3 Å². The Kier molecular flexibility index (Phi) is 5.33. The monoisotopic (exact) mass is 338 g/mol. The topological polar surface area (TPSA) is 66.5 Å². The maximum atomic E-state index is 12.0. The third kappa shape index (κ3) is 3.94. The minimum absolute atomic E-state index is 0.173. The van der Waals surface area contributed by atoms with Crippen LogP contribution in [0.3, 0.4) is 0 Å². The normalized spacial score (nSPS) is 11.6. The molecule has 0 aliphatic rings. The smallest absolute Gasteiger partial charge is 0.251 e. The predicted molar refractivity (Wildman–Crippen MR) is 87.7 cm³/mol. The van der Waals surface area contributed by atoms with Crippen molar-refractivity contribution in [1.29, 1.82) is 0 Å². The molecule has 1 aromatic heterocycles. The molecule has 0 unspecified atom stereocenters. The largest absolute Gasteiger partial charge is 0.352 e. The van der Waals surface area contributed by atoms with Crippen molar-refractivity contribution in [3.63, 3.8) is 0 Å². The second kappa shape index (κ2) is 7.04. The zero-order valence-corrected chi connectivity index (χ0v) is 14.1. The summed E-state index contributed by atoms with van der Waals surface area (Å²) in [4.78, 5) is 12.2. The minimum Gasteiger partial charge on any atom is -0.352 e. The minimum atomic E-state index is -3.46. The van der Waals surface area contributed by atoms with Gasteiger partial charge >= 0.3 is 0 Å². The van der Waals surface area contributed by atoms with E-state index in [1.165, 1.54) is 43.9 Å². The van der Waals surface area contributed by atoms with Crippen LogP contribution in [0.2, 0.25) is 0 Å². The lowest BCUT2D eigenvalue weighted by Gasteiger charge is -2.11. The highest BCUT2D eigenvalue weighted by atomic mass is 32.2. The van der Waals surface area contributed by atoms with Crippen molar-refractivity contribution in [1.82, 2.24) is 9.62 Å². The van der Waals surface area contributed by atoms with Gasteiger partial charge in [0.2, 0.25) is 10.0 Å². The summed E-state index contributed by atoms with van der Waals surface area (Å²) in [7, 11) is -0.518. The Morgan fingerprint density at radius 1 is 1.18 bits per heavy atom. The van der Waals surface area contributed by atoms with Gasteiger partial charge in [-0.3, -0.25) is 4.79 Å². The van der Waals surface area contributed by atoms with Crippen LogP contribution in [-0.2, 0) is 16.4 Å². The summed E-state index contributed by atoms with van der Waals surface area (Å²) in [6.45, 7) is 0.549. The van der Waals surface area contributed by atoms with E-state index >= 15 is 0 Å². The number of hydrogen-bond donors (Lipinski definition) is 1. The van der Waals surface area contributed by atoms with E-state index in [1.54, 1.807) is 11.3 Å². The number of carbonyl (C=O) groups is 1. The molecule has 1 amide bonds. The lowest BCUT2D eigenvalue weighted by Crippen LogP contribution is -2.26. The number of carbonyl (C=O) groups excluding carboxylic acids is 1. The number of amides is 1. The van der Waals surface area contributed by atoms with Crippen molar-refractivity contribution in [2.24, 2.45) is 0 Å². The molecule has 118 valence electrons. The van der Waals surface area contributed by atoms with E-state index in [2.05, 4.69) is 5.32 Å². The van der Waals surface area contributed by atoms with Crippen LogP contribution in [0.5, 0.6) is 0 Å². The van der Waals surface area contributed by atoms with Gasteiger partial charge in [-0.15, -0.1) is 0 Å². The van der Waals surface area contributed by atoms with Crippen LogP contribution < -0.4 is 5.32 Å². The Morgan fingerprint density at radius 3 is 2.41 bits per heavy atom. The molecule has 2 rings (SSSR count). The maximum Gasteiger partial charge on any atom is 0.251 e. The SMILES string of the molecule is CN(C)S(=O)(=O)c1ccc(C(=O)NCCc2ccsc2)cc1. The molecular weight excluding hydrogens is 320 g/mol. The van der Waals surface area contributed by atoms with Crippen molar-refractivity contribution >= 4 is 27.3 Å². The summed E-state index contributed by atoms with van der Waals surface area (Å²) >= 11 is 1.63. The van der Waals surface area contributed by atoms with Gasteiger partial charge in [0.15, 0.2) is 0 Å². The fourth-order valence-corrected chi connectivity index (χ4v) is 3.45. The first kappa shape index (κ1) is 16.7. The average molecular weight is 338 g/mol. The van der Waals surface area contributed by atoms with Crippen LogP contribution in [0.15, 0.2) is 46.0 Å². The van der Waals surface area contributed by atoms with Crippen LogP contribution >= 0.6 is 11.3 Å². The lowest BCUT2D eigenvalue weighted by molar-refractivity contribution is 0.0954. The van der Waals surface area contributed by atoms with Gasteiger partial charge in [-0.25, -0.2) is 12.7 Å². The summed E-state index contributed by atoms with van der Waals surface area (Å²) < 4.78 is 25.0. The van der Waals surface area contributed by atoms with Crippen molar-refractivity contribution < 1.29 is 13.2 Å². The fourth-order valence-electron chi connectivity index (χ4n) is 1.85. The van der Waals surface area contributed by atoms with Crippen LogP contribution in [0.25, 0.3) is 0 Å². The van der Waals surface area contributed by atoms with E-state index in [0.717, 1.165) is 10.7 Å². The quantitative estimate of drug-likeness (QED) is 0.876. The van der Waals surface area contributed by atoms with Crippen molar-refractivity contribution in [2.45, 2.75) is 11.3 Å². The van der Waals surface area contributed by atoms with Crippen LogP contribution in [-0.4, -0.2) is 39.3 Å². The molecule has 22 heavy (non-hydrogen) atoms. The first-order valence-corrected chi connectivity index (χ1v) is 9.11. The van der Waals surface area contributed by atoms with E-state index in [0.29, 0.717) is 12.1 Å². The van der Waals surface area contributed by atoms with Gasteiger partial charge in [0.05, 0.1) is 4.90 Å². The van der Waals surface area contributed by atoms with Gasteiger partial charge in [0.25, 0.3) is 5.91 Å². The molecule has 0 saturated heterocycles. The highest BCUT2D eigenvalue weighted by molar-refractivity contribution is 7.89. The van der Waals surface area contributed by atoms with Crippen LogP contribution in [0.4, 0.5) is 0 Å². The van der Waals surface area contributed by atoms with Gasteiger partial charge in [0.1, 0.15) is 0 Å². The van der Waals surface area contributed by atoms with Crippen molar-refractivity contribution in [3.05, 3.63) is 52.2 Å². The summed E-state index contributed by atoms with van der Waals surface area (Å²) in [5, 5.41) is 6.87. The molecule has 0 bridgehead atoms. The molecule has 0 aliphatic heterocycles. The molecule has 1 heterocycles. The molecule has 1 N–H and O–H groups in total. The second-order valence-electron chi connectivity index (χ2n) is 4.95. The van der Waals surface area contributed by atoms with E-state index in [1.807, 2.05) is 16.8 Å². The Bertz CT molecular complexity index is 721. The first-order chi connectivity index (χ1) is 10.4. The molecule has 0 aliphatic carbocycles. The van der Waals surface area contributed by atoms with Crippen LogP contribution in [0, 0.1) is 0 Å². The van der Waals surface area contributed by atoms with Gasteiger partial charge < -0.3 is 5.32 Å². The number of nitrogens with one attached hydrogen (secondary N) is 1. The average Bonchev–Trinajstić information content (AvgIpc) is 3.00. The molecular formula is C15H18N2O3S2. The summed E-state index contributed by atoms with van der Waals surface area (Å²) in [5.74, 6) is -0.205. The molecule has 5 nitrogen and oxygen atoms in total. The lowest BCUT2D eigenvalue weighted by atomic mass is 10.2. The zero-order valence-electron chi connectivity index (χ0n) is 12.4. The molecule has 0 atom stereocenters. The number of nitrogens with zero attached hydrogens (tertiary/aromatic N) is 1. The van der Waals surface area contributed by atoms with E-state index in [4.69, 9.17) is 0 Å².